The highest BCUT2D eigenvalue weighted by Gasteiger charge is 2.06. The van der Waals surface area contributed by atoms with E-state index in [0.717, 1.165) is 11.4 Å². The molecule has 0 amide bonds. The van der Waals surface area contributed by atoms with Crippen molar-refractivity contribution in [3.63, 3.8) is 0 Å². The summed E-state index contributed by atoms with van der Waals surface area (Å²) in [6, 6.07) is 7.70. The number of hydrogen-bond donors (Lipinski definition) is 2. The number of thiol groups is 1. The molecule has 0 aliphatic carbocycles. The van der Waals surface area contributed by atoms with Crippen molar-refractivity contribution >= 4 is 24.1 Å². The molecule has 0 saturated carbocycles. The van der Waals surface area contributed by atoms with Gasteiger partial charge in [0.1, 0.15) is 19.0 Å². The number of carbonyl (C=O) groups excluding carboxylic acids is 1. The van der Waals surface area contributed by atoms with Gasteiger partial charge in [0, 0.05) is 11.6 Å². The van der Waals surface area contributed by atoms with E-state index in [1.165, 1.54) is 0 Å². The second kappa shape index (κ2) is 11.3. The molecule has 1 atom stereocenters. The van der Waals surface area contributed by atoms with Crippen LogP contribution in [-0.2, 0) is 14.3 Å². The van der Waals surface area contributed by atoms with Gasteiger partial charge in [-0.25, -0.2) is 0 Å². The number of hydrogen-bond acceptors (Lipinski definition) is 6. The van der Waals surface area contributed by atoms with E-state index in [0.29, 0.717) is 26.4 Å². The molecule has 1 unspecified atom stereocenters. The molecule has 0 radical (unpaired) electrons. The predicted molar refractivity (Wildman–Crippen MR) is 95.5 cm³/mol. The molecule has 0 heterocycles. The van der Waals surface area contributed by atoms with Crippen LogP contribution in [0.4, 0.5) is 5.69 Å². The molecule has 0 fully saturated rings. The van der Waals surface area contributed by atoms with Crippen LogP contribution in [0, 0.1) is 5.92 Å². The second-order valence-corrected chi connectivity index (χ2v) is 6.25. The summed E-state index contributed by atoms with van der Waals surface area (Å²) in [6.07, 6.45) is 0. The molecule has 0 aliphatic heterocycles. The summed E-state index contributed by atoms with van der Waals surface area (Å²) in [4.78, 5) is 11.3. The molecule has 0 spiro atoms. The van der Waals surface area contributed by atoms with E-state index in [-0.39, 0.29) is 23.7 Å². The molecule has 1 aromatic carbocycles. The summed E-state index contributed by atoms with van der Waals surface area (Å²) in [6.45, 7) is 7.67. The normalized spacial score (nSPS) is 12.2. The molecule has 1 rings (SSSR count). The number of ether oxygens (including phenoxy) is 3. The van der Waals surface area contributed by atoms with E-state index in [1.807, 2.05) is 45.0 Å². The Morgan fingerprint density at radius 3 is 2.26 bits per heavy atom. The summed E-state index contributed by atoms with van der Waals surface area (Å²) < 4.78 is 16.2. The first kappa shape index (κ1) is 19.8. The van der Waals surface area contributed by atoms with Crippen LogP contribution in [0.3, 0.4) is 0 Å². The van der Waals surface area contributed by atoms with Gasteiger partial charge in [0.15, 0.2) is 5.78 Å². The van der Waals surface area contributed by atoms with Crippen molar-refractivity contribution in [1.29, 1.82) is 0 Å². The van der Waals surface area contributed by atoms with Crippen LogP contribution in [-0.4, -0.2) is 44.2 Å². The molecule has 1 N–H and O–H groups in total. The van der Waals surface area contributed by atoms with Gasteiger partial charge in [0.25, 0.3) is 0 Å². The van der Waals surface area contributed by atoms with Gasteiger partial charge in [-0.3, -0.25) is 4.79 Å². The number of carbonyl (C=O) groups is 1. The topological polar surface area (TPSA) is 56.8 Å². The summed E-state index contributed by atoms with van der Waals surface area (Å²) in [5.41, 5.74) is 1.00. The molecule has 0 saturated heterocycles. The van der Waals surface area contributed by atoms with Crippen molar-refractivity contribution in [3.8, 4) is 5.75 Å². The molecular formula is C17H27NO4S. The van der Waals surface area contributed by atoms with Crippen LogP contribution in [0.25, 0.3) is 0 Å². The predicted octanol–water partition coefficient (Wildman–Crippen LogP) is 3.01. The largest absolute Gasteiger partial charge is 0.491 e. The summed E-state index contributed by atoms with van der Waals surface area (Å²) in [5, 5.41) is 3.29. The van der Waals surface area contributed by atoms with Crippen LogP contribution >= 0.6 is 12.6 Å². The maximum Gasteiger partial charge on any atom is 0.160 e. The number of benzene rings is 1. The highest BCUT2D eigenvalue weighted by atomic mass is 32.1. The maximum absolute atomic E-state index is 11.3. The van der Waals surface area contributed by atoms with E-state index in [2.05, 4.69) is 17.9 Å². The zero-order valence-corrected chi connectivity index (χ0v) is 15.0. The quantitative estimate of drug-likeness (QED) is 0.348. The fraction of sp³-hybridized carbons (Fsp3) is 0.588. The fourth-order valence-electron chi connectivity index (χ4n) is 1.67. The molecule has 1 aromatic rings. The van der Waals surface area contributed by atoms with Gasteiger partial charge in [0.05, 0.1) is 25.2 Å². The average molecular weight is 341 g/mol. The first-order valence-corrected chi connectivity index (χ1v) is 8.36. The van der Waals surface area contributed by atoms with Gasteiger partial charge in [0.2, 0.25) is 0 Å². The fourth-order valence-corrected chi connectivity index (χ4v) is 1.82. The van der Waals surface area contributed by atoms with Crippen molar-refractivity contribution in [3.05, 3.63) is 24.3 Å². The molecule has 130 valence electrons. The van der Waals surface area contributed by atoms with Gasteiger partial charge in [-0.15, -0.1) is 0 Å². The lowest BCUT2D eigenvalue weighted by atomic mass is 10.1. The highest BCUT2D eigenvalue weighted by Crippen LogP contribution is 2.16. The molecule has 23 heavy (non-hydrogen) atoms. The molecular weight excluding hydrogens is 314 g/mol. The molecule has 0 aliphatic rings. The Morgan fingerprint density at radius 2 is 1.65 bits per heavy atom. The Kier molecular flexibility index (Phi) is 9.75. The number of nitrogens with one attached hydrogen (secondary N) is 1. The van der Waals surface area contributed by atoms with E-state index in [4.69, 9.17) is 14.2 Å². The van der Waals surface area contributed by atoms with E-state index < -0.39 is 0 Å². The lowest BCUT2D eigenvalue weighted by Crippen LogP contribution is -2.17. The Morgan fingerprint density at radius 1 is 1.04 bits per heavy atom. The van der Waals surface area contributed by atoms with E-state index in [9.17, 15) is 4.79 Å². The minimum atomic E-state index is 0.0156. The summed E-state index contributed by atoms with van der Waals surface area (Å²) in [5.74, 6) is 0.921. The minimum absolute atomic E-state index is 0.0156. The monoisotopic (exact) mass is 341 g/mol. The molecule has 6 heteroatoms. The van der Waals surface area contributed by atoms with Crippen LogP contribution < -0.4 is 10.1 Å². The SMILES string of the molecule is CC(S)Nc1ccc(OCCOCCOCC(=O)C(C)C)cc1. The molecule has 5 nitrogen and oxygen atoms in total. The first-order chi connectivity index (χ1) is 11.0. The van der Waals surface area contributed by atoms with Gasteiger partial charge >= 0.3 is 0 Å². The Balaban J connectivity index is 2.03. The van der Waals surface area contributed by atoms with Crippen molar-refractivity contribution in [2.75, 3.05) is 38.4 Å². The third-order valence-corrected chi connectivity index (χ3v) is 3.12. The molecule has 0 bridgehead atoms. The minimum Gasteiger partial charge on any atom is -0.491 e. The Hall–Kier alpha value is -1.24. The van der Waals surface area contributed by atoms with Gasteiger partial charge in [-0.1, -0.05) is 13.8 Å². The lowest BCUT2D eigenvalue weighted by Gasteiger charge is -2.11. The number of ketones is 1. The Bertz CT molecular complexity index is 448. The van der Waals surface area contributed by atoms with Crippen LogP contribution in [0.1, 0.15) is 20.8 Å². The number of anilines is 1. The maximum atomic E-state index is 11.3. The molecule has 0 aromatic heterocycles. The van der Waals surface area contributed by atoms with Gasteiger partial charge < -0.3 is 19.5 Å². The van der Waals surface area contributed by atoms with Crippen molar-refractivity contribution in [2.45, 2.75) is 26.1 Å². The van der Waals surface area contributed by atoms with E-state index >= 15 is 0 Å². The van der Waals surface area contributed by atoms with Crippen molar-refractivity contribution in [2.24, 2.45) is 5.92 Å². The third-order valence-electron chi connectivity index (χ3n) is 2.99. The summed E-state index contributed by atoms with van der Waals surface area (Å²) >= 11 is 4.27. The van der Waals surface area contributed by atoms with Crippen LogP contribution in [0.15, 0.2) is 24.3 Å². The van der Waals surface area contributed by atoms with Crippen LogP contribution in [0.5, 0.6) is 5.75 Å². The number of Topliss-reactive ketones (excluding diaryl/α,β-unsaturated/α-hetero) is 1. The van der Waals surface area contributed by atoms with Crippen LogP contribution in [0.2, 0.25) is 0 Å². The second-order valence-electron chi connectivity index (χ2n) is 5.48. The highest BCUT2D eigenvalue weighted by molar-refractivity contribution is 7.81. The first-order valence-electron chi connectivity index (χ1n) is 7.84. The smallest absolute Gasteiger partial charge is 0.160 e. The standard InChI is InChI=1S/C17H27NO4S/c1-13(2)17(19)12-21-9-8-20-10-11-22-16-6-4-15(5-7-16)18-14(3)23/h4-7,13-14,18,23H,8-12H2,1-3H3. The van der Waals surface area contributed by atoms with E-state index in [1.54, 1.807) is 0 Å². The van der Waals surface area contributed by atoms with Crippen molar-refractivity contribution in [1.82, 2.24) is 0 Å². The number of rotatable bonds is 12. The van der Waals surface area contributed by atoms with Gasteiger partial charge in [-0.2, -0.15) is 12.6 Å². The zero-order valence-electron chi connectivity index (χ0n) is 14.1. The van der Waals surface area contributed by atoms with Gasteiger partial charge in [-0.05, 0) is 31.2 Å². The lowest BCUT2D eigenvalue weighted by molar-refractivity contribution is -0.127. The average Bonchev–Trinajstić information content (AvgIpc) is 2.50. The zero-order chi connectivity index (χ0) is 17.1. The van der Waals surface area contributed by atoms with Crippen molar-refractivity contribution < 1.29 is 19.0 Å². The third kappa shape index (κ3) is 9.48. The Labute approximate surface area is 144 Å². The summed E-state index contributed by atoms with van der Waals surface area (Å²) in [7, 11) is 0.